The second-order valence-corrected chi connectivity index (χ2v) is 11.0. The molecule has 10 heteroatoms. The number of nitrogens with zero attached hydrogens (tertiary/aromatic N) is 1. The van der Waals surface area contributed by atoms with Crippen LogP contribution >= 0.6 is 11.8 Å². The zero-order valence-corrected chi connectivity index (χ0v) is 24.6. The van der Waals surface area contributed by atoms with Gasteiger partial charge in [-0.3, -0.25) is 24.1 Å². The molecule has 222 valence electrons. The fourth-order valence-corrected chi connectivity index (χ4v) is 5.53. The first-order chi connectivity index (χ1) is 21.3. The average molecular weight is 608 g/mol. The SMILES string of the molecule is COc1cc(O)ccc1/C=C(\NC(=O)c1ccccc1)C(=O)Nc1cccc(SCCCN2C(=O)c3ccccc3C2=O)c1. The maximum Gasteiger partial charge on any atom is 0.272 e. The third-order valence-corrected chi connectivity index (χ3v) is 7.89. The van der Waals surface area contributed by atoms with Crippen molar-refractivity contribution in [2.45, 2.75) is 11.3 Å². The minimum absolute atomic E-state index is 0.00337. The molecule has 3 N–H and O–H groups in total. The maximum absolute atomic E-state index is 13.5. The van der Waals surface area contributed by atoms with Crippen LogP contribution in [0.5, 0.6) is 11.5 Å². The molecule has 44 heavy (non-hydrogen) atoms. The van der Waals surface area contributed by atoms with E-state index in [1.54, 1.807) is 72.8 Å². The number of phenolic OH excluding ortho intramolecular Hbond substituents is 1. The van der Waals surface area contributed by atoms with Crippen molar-refractivity contribution in [1.29, 1.82) is 0 Å². The molecule has 4 amide bonds. The fraction of sp³-hybridized carbons (Fsp3) is 0.118. The summed E-state index contributed by atoms with van der Waals surface area (Å²) >= 11 is 1.53. The maximum atomic E-state index is 13.5. The molecule has 0 bridgehead atoms. The lowest BCUT2D eigenvalue weighted by Crippen LogP contribution is -2.31. The number of nitrogens with one attached hydrogen (secondary N) is 2. The Morgan fingerprint density at radius 3 is 2.30 bits per heavy atom. The zero-order valence-electron chi connectivity index (χ0n) is 23.8. The van der Waals surface area contributed by atoms with Crippen LogP contribution in [0.3, 0.4) is 0 Å². The van der Waals surface area contributed by atoms with Gasteiger partial charge in [-0.15, -0.1) is 11.8 Å². The van der Waals surface area contributed by atoms with Crippen LogP contribution in [0.25, 0.3) is 6.08 Å². The number of amides is 4. The highest BCUT2D eigenvalue weighted by Crippen LogP contribution is 2.27. The van der Waals surface area contributed by atoms with Crippen LogP contribution in [0.1, 0.15) is 43.1 Å². The van der Waals surface area contributed by atoms with E-state index < -0.39 is 11.8 Å². The number of carbonyl (C=O) groups is 4. The molecule has 0 saturated carbocycles. The van der Waals surface area contributed by atoms with Crippen LogP contribution < -0.4 is 15.4 Å². The third-order valence-electron chi connectivity index (χ3n) is 6.81. The smallest absolute Gasteiger partial charge is 0.272 e. The molecule has 0 fully saturated rings. The molecular formula is C34H29N3O6S. The van der Waals surface area contributed by atoms with Gasteiger partial charge >= 0.3 is 0 Å². The largest absolute Gasteiger partial charge is 0.508 e. The molecule has 1 aliphatic rings. The van der Waals surface area contributed by atoms with Crippen molar-refractivity contribution in [2.75, 3.05) is 24.7 Å². The summed E-state index contributed by atoms with van der Waals surface area (Å²) in [6, 6.07) is 27.0. The number of rotatable bonds is 11. The molecule has 9 nitrogen and oxygen atoms in total. The lowest BCUT2D eigenvalue weighted by Gasteiger charge is -2.14. The summed E-state index contributed by atoms with van der Waals surface area (Å²) in [4.78, 5) is 53.8. The Bertz CT molecular complexity index is 1720. The number of hydrogen-bond donors (Lipinski definition) is 3. The molecule has 4 aromatic rings. The number of anilines is 1. The summed E-state index contributed by atoms with van der Waals surface area (Å²) in [7, 11) is 1.44. The van der Waals surface area contributed by atoms with Crippen molar-refractivity contribution in [2.24, 2.45) is 0 Å². The number of imide groups is 1. The summed E-state index contributed by atoms with van der Waals surface area (Å²) in [6.07, 6.45) is 2.08. The van der Waals surface area contributed by atoms with E-state index in [0.29, 0.717) is 52.4 Å². The number of thioether (sulfide) groups is 1. The summed E-state index contributed by atoms with van der Waals surface area (Å²) in [5.74, 6) is -0.601. The van der Waals surface area contributed by atoms with Crippen molar-refractivity contribution in [3.05, 3.63) is 125 Å². The number of ether oxygens (including phenoxy) is 1. The van der Waals surface area contributed by atoms with Crippen molar-refractivity contribution in [3.63, 3.8) is 0 Å². The van der Waals surface area contributed by atoms with E-state index in [0.717, 1.165) is 4.90 Å². The lowest BCUT2D eigenvalue weighted by atomic mass is 10.1. The van der Waals surface area contributed by atoms with Gasteiger partial charge in [-0.25, -0.2) is 0 Å². The summed E-state index contributed by atoms with van der Waals surface area (Å²) in [5.41, 5.74) is 2.21. The molecule has 1 aliphatic heterocycles. The molecule has 5 rings (SSSR count). The van der Waals surface area contributed by atoms with Gasteiger partial charge < -0.3 is 20.5 Å². The second-order valence-electron chi connectivity index (χ2n) is 9.80. The summed E-state index contributed by atoms with van der Waals surface area (Å²) < 4.78 is 5.35. The van der Waals surface area contributed by atoms with E-state index in [-0.39, 0.29) is 23.3 Å². The van der Waals surface area contributed by atoms with Gasteiger partial charge in [0.1, 0.15) is 17.2 Å². The second kappa shape index (κ2) is 13.7. The van der Waals surface area contributed by atoms with E-state index >= 15 is 0 Å². The van der Waals surface area contributed by atoms with Crippen LogP contribution in [-0.4, -0.2) is 53.0 Å². The van der Waals surface area contributed by atoms with Gasteiger partial charge in [0.05, 0.1) is 18.2 Å². The van der Waals surface area contributed by atoms with Crippen LogP contribution in [0.15, 0.2) is 108 Å². The number of hydrogen-bond acceptors (Lipinski definition) is 7. The highest BCUT2D eigenvalue weighted by atomic mass is 32.2. The van der Waals surface area contributed by atoms with Crippen LogP contribution in [-0.2, 0) is 4.79 Å². The minimum Gasteiger partial charge on any atom is -0.508 e. The lowest BCUT2D eigenvalue weighted by molar-refractivity contribution is -0.113. The standard InChI is InChI=1S/C34H29N3O6S/c1-43-30-21-25(38)16-15-23(30)19-29(36-31(39)22-9-3-2-4-10-22)32(40)35-24-11-7-12-26(20-24)44-18-8-17-37-33(41)27-13-5-6-14-28(27)34(37)42/h2-7,9-16,19-21,38H,8,17-18H2,1H3,(H,35,40)(H,36,39)/b29-19-. The number of benzene rings is 4. The zero-order chi connectivity index (χ0) is 31.1. The minimum atomic E-state index is -0.558. The Labute approximate surface area is 258 Å². The predicted octanol–water partition coefficient (Wildman–Crippen LogP) is 5.59. The molecule has 0 spiro atoms. The van der Waals surface area contributed by atoms with Gasteiger partial charge in [0.2, 0.25) is 0 Å². The predicted molar refractivity (Wildman–Crippen MR) is 169 cm³/mol. The normalized spacial score (nSPS) is 12.6. The number of aromatic hydroxyl groups is 1. The number of carbonyl (C=O) groups excluding carboxylic acids is 4. The monoisotopic (exact) mass is 607 g/mol. The van der Waals surface area contributed by atoms with Crippen molar-refractivity contribution >= 4 is 47.2 Å². The molecule has 1 heterocycles. The Morgan fingerprint density at radius 2 is 1.59 bits per heavy atom. The van der Waals surface area contributed by atoms with Crippen molar-refractivity contribution < 1.29 is 29.0 Å². The van der Waals surface area contributed by atoms with E-state index in [2.05, 4.69) is 10.6 Å². The molecule has 0 saturated heterocycles. The number of fused-ring (bicyclic) bond motifs is 1. The number of methoxy groups -OCH3 is 1. The van der Waals surface area contributed by atoms with E-state index in [1.165, 1.54) is 42.0 Å². The number of phenols is 1. The molecule has 0 unspecified atom stereocenters. The van der Waals surface area contributed by atoms with Gasteiger partial charge in [-0.1, -0.05) is 36.4 Å². The van der Waals surface area contributed by atoms with Crippen molar-refractivity contribution in [1.82, 2.24) is 10.2 Å². The topological polar surface area (TPSA) is 125 Å². The molecule has 0 aliphatic carbocycles. The van der Waals surface area contributed by atoms with Gasteiger partial charge in [0, 0.05) is 34.3 Å². The fourth-order valence-electron chi connectivity index (χ4n) is 4.63. The van der Waals surface area contributed by atoms with Crippen LogP contribution in [0.2, 0.25) is 0 Å². The van der Waals surface area contributed by atoms with E-state index in [4.69, 9.17) is 4.74 Å². The van der Waals surface area contributed by atoms with Gasteiger partial charge in [-0.05, 0) is 72.8 Å². The van der Waals surface area contributed by atoms with E-state index in [9.17, 15) is 24.3 Å². The Hall–Kier alpha value is -5.35. The Balaban J connectivity index is 1.25. The Kier molecular flexibility index (Phi) is 9.41. The van der Waals surface area contributed by atoms with Crippen molar-refractivity contribution in [3.8, 4) is 11.5 Å². The van der Waals surface area contributed by atoms with Crippen LogP contribution in [0.4, 0.5) is 5.69 Å². The van der Waals surface area contributed by atoms with Gasteiger partial charge in [0.25, 0.3) is 23.6 Å². The molecule has 0 atom stereocenters. The van der Waals surface area contributed by atoms with Crippen LogP contribution in [0, 0.1) is 0 Å². The third kappa shape index (κ3) is 6.99. The Morgan fingerprint density at radius 1 is 0.886 bits per heavy atom. The first kappa shape index (κ1) is 30.1. The van der Waals surface area contributed by atoms with E-state index in [1.807, 2.05) is 12.1 Å². The van der Waals surface area contributed by atoms with Gasteiger partial charge in [0.15, 0.2) is 0 Å². The molecule has 0 aromatic heterocycles. The molecule has 4 aromatic carbocycles. The quantitative estimate of drug-likeness (QED) is 0.0879. The highest BCUT2D eigenvalue weighted by Gasteiger charge is 2.34. The van der Waals surface area contributed by atoms with Gasteiger partial charge in [-0.2, -0.15) is 0 Å². The summed E-state index contributed by atoms with van der Waals surface area (Å²) in [6.45, 7) is 0.311. The average Bonchev–Trinajstić information content (AvgIpc) is 3.28. The highest BCUT2D eigenvalue weighted by molar-refractivity contribution is 7.99. The first-order valence-electron chi connectivity index (χ1n) is 13.8. The summed E-state index contributed by atoms with van der Waals surface area (Å²) in [5, 5.41) is 15.4. The first-order valence-corrected chi connectivity index (χ1v) is 14.8. The molecular weight excluding hydrogens is 578 g/mol. The molecule has 0 radical (unpaired) electrons.